The summed E-state index contributed by atoms with van der Waals surface area (Å²) in [6, 6.07) is 4.56. The lowest BCUT2D eigenvalue weighted by Gasteiger charge is -2.35. The lowest BCUT2D eigenvalue weighted by atomic mass is 10.3. The van der Waals surface area contributed by atoms with Crippen molar-refractivity contribution in [2.45, 2.75) is 19.9 Å². The van der Waals surface area contributed by atoms with Gasteiger partial charge in [0.05, 0.1) is 0 Å². The molecule has 92 valence electrons. The van der Waals surface area contributed by atoms with Crippen molar-refractivity contribution in [3.05, 3.63) is 33.7 Å². The van der Waals surface area contributed by atoms with Crippen LogP contribution in [0.2, 0.25) is 0 Å². The lowest BCUT2D eigenvalue weighted by Crippen LogP contribution is -2.45. The predicted molar refractivity (Wildman–Crippen MR) is 69.6 cm³/mol. The van der Waals surface area contributed by atoms with E-state index in [-0.39, 0.29) is 18.4 Å². The molecule has 1 atom stereocenters. The van der Waals surface area contributed by atoms with Gasteiger partial charge in [-0.25, -0.2) is 9.40 Å². The SMILES string of the molecule is CC(C)N1C[N+]([O-])(c2ccc(Br)cc2F)C=N1. The van der Waals surface area contributed by atoms with Crippen LogP contribution in [0.3, 0.4) is 0 Å². The first-order valence-electron chi connectivity index (χ1n) is 5.28. The van der Waals surface area contributed by atoms with E-state index < -0.39 is 10.5 Å². The van der Waals surface area contributed by atoms with Crippen LogP contribution in [0.4, 0.5) is 10.1 Å². The molecule has 1 aliphatic rings. The van der Waals surface area contributed by atoms with Gasteiger partial charge in [-0.1, -0.05) is 15.9 Å². The van der Waals surface area contributed by atoms with Gasteiger partial charge >= 0.3 is 0 Å². The molecule has 0 radical (unpaired) electrons. The molecular weight excluding hydrogens is 289 g/mol. The van der Waals surface area contributed by atoms with Crippen LogP contribution in [-0.4, -0.2) is 24.1 Å². The standard InChI is InChI=1S/C11H13BrFN3O/c1-8(2)15-7-16(17,6-14-15)11-4-3-9(12)5-10(11)13/h3-6,8H,7H2,1-2H3. The molecule has 1 heterocycles. The highest BCUT2D eigenvalue weighted by Gasteiger charge is 2.31. The van der Waals surface area contributed by atoms with E-state index in [9.17, 15) is 9.60 Å². The molecule has 1 unspecified atom stereocenters. The molecule has 0 aliphatic carbocycles. The average Bonchev–Trinajstić information content (AvgIpc) is 2.61. The average molecular weight is 302 g/mol. The van der Waals surface area contributed by atoms with Crippen LogP contribution >= 0.6 is 15.9 Å². The number of hydroxylamine groups is 2. The molecule has 0 fully saturated rings. The molecule has 0 spiro atoms. The van der Waals surface area contributed by atoms with Crippen LogP contribution < -0.4 is 4.65 Å². The fourth-order valence-corrected chi connectivity index (χ4v) is 1.99. The molecule has 2 rings (SSSR count). The highest BCUT2D eigenvalue weighted by Crippen LogP contribution is 2.30. The number of halogens is 2. The van der Waals surface area contributed by atoms with Gasteiger partial charge in [-0.05, 0) is 26.0 Å². The zero-order valence-corrected chi connectivity index (χ0v) is 11.2. The molecule has 0 amide bonds. The summed E-state index contributed by atoms with van der Waals surface area (Å²) in [6.07, 6.45) is 1.23. The number of quaternary nitrogens is 1. The van der Waals surface area contributed by atoms with Gasteiger partial charge in [0.2, 0.25) is 6.34 Å². The molecule has 4 nitrogen and oxygen atoms in total. The van der Waals surface area contributed by atoms with Crippen molar-refractivity contribution in [2.24, 2.45) is 5.10 Å². The second kappa shape index (κ2) is 4.36. The molecule has 6 heteroatoms. The summed E-state index contributed by atoms with van der Waals surface area (Å²) in [5.41, 5.74) is 0.0834. The van der Waals surface area contributed by atoms with Crippen molar-refractivity contribution in [1.29, 1.82) is 0 Å². The minimum atomic E-state index is -0.878. The molecule has 0 saturated heterocycles. The van der Waals surface area contributed by atoms with Crippen LogP contribution in [0.5, 0.6) is 0 Å². The molecule has 1 aromatic carbocycles. The van der Waals surface area contributed by atoms with Gasteiger partial charge in [0.1, 0.15) is 0 Å². The maximum absolute atomic E-state index is 13.7. The normalized spacial score (nSPS) is 23.8. The third kappa shape index (κ3) is 2.34. The second-order valence-electron chi connectivity index (χ2n) is 4.30. The van der Waals surface area contributed by atoms with E-state index in [0.717, 1.165) is 0 Å². The van der Waals surface area contributed by atoms with Gasteiger partial charge in [-0.15, -0.1) is 5.10 Å². The summed E-state index contributed by atoms with van der Waals surface area (Å²) >= 11 is 3.16. The molecule has 0 saturated carbocycles. The van der Waals surface area contributed by atoms with Gasteiger partial charge in [-0.2, -0.15) is 0 Å². The molecule has 0 bridgehead atoms. The molecule has 17 heavy (non-hydrogen) atoms. The first-order valence-corrected chi connectivity index (χ1v) is 6.08. The first kappa shape index (κ1) is 12.5. The maximum Gasteiger partial charge on any atom is 0.214 e. The van der Waals surface area contributed by atoms with Gasteiger partial charge in [-0.3, -0.25) is 4.65 Å². The van der Waals surface area contributed by atoms with E-state index >= 15 is 0 Å². The first-order chi connectivity index (χ1) is 7.92. The van der Waals surface area contributed by atoms with Crippen LogP contribution in [0, 0.1) is 11.0 Å². The van der Waals surface area contributed by atoms with Crippen LogP contribution in [0.25, 0.3) is 0 Å². The zero-order valence-electron chi connectivity index (χ0n) is 9.60. The van der Waals surface area contributed by atoms with Crippen LogP contribution in [0.1, 0.15) is 13.8 Å². The van der Waals surface area contributed by atoms with Crippen molar-refractivity contribution >= 4 is 28.0 Å². The Morgan fingerprint density at radius 2 is 2.24 bits per heavy atom. The minimum Gasteiger partial charge on any atom is -0.620 e. The number of hydrogen-bond donors (Lipinski definition) is 0. The topological polar surface area (TPSA) is 38.7 Å². The monoisotopic (exact) mass is 301 g/mol. The number of nitrogens with zero attached hydrogens (tertiary/aromatic N) is 3. The summed E-state index contributed by atoms with van der Waals surface area (Å²) in [5, 5.41) is 18.1. The maximum atomic E-state index is 13.7. The van der Waals surface area contributed by atoms with Gasteiger partial charge < -0.3 is 5.21 Å². The van der Waals surface area contributed by atoms with Gasteiger partial charge in [0, 0.05) is 16.6 Å². The summed E-state index contributed by atoms with van der Waals surface area (Å²) in [4.78, 5) is 0. The summed E-state index contributed by atoms with van der Waals surface area (Å²) in [5.74, 6) is -0.522. The Kier molecular flexibility index (Phi) is 3.20. The molecule has 1 aliphatic heterocycles. The molecular formula is C11H13BrFN3O. The van der Waals surface area contributed by atoms with E-state index in [1.807, 2.05) is 13.8 Å². The number of benzene rings is 1. The minimum absolute atomic E-state index is 0.0834. The number of hydrazone groups is 1. The fraction of sp³-hybridized carbons (Fsp3) is 0.364. The van der Waals surface area contributed by atoms with Crippen molar-refractivity contribution in [3.8, 4) is 0 Å². The summed E-state index contributed by atoms with van der Waals surface area (Å²) in [7, 11) is 0. The Hall–Kier alpha value is -0.980. The van der Waals surface area contributed by atoms with E-state index in [2.05, 4.69) is 21.0 Å². The molecule has 0 aromatic heterocycles. The van der Waals surface area contributed by atoms with E-state index in [0.29, 0.717) is 4.47 Å². The van der Waals surface area contributed by atoms with E-state index in [4.69, 9.17) is 0 Å². The Balaban J connectivity index is 2.32. The number of rotatable bonds is 2. The van der Waals surface area contributed by atoms with Crippen LogP contribution in [0.15, 0.2) is 27.8 Å². The van der Waals surface area contributed by atoms with Crippen molar-refractivity contribution in [1.82, 2.24) is 9.66 Å². The van der Waals surface area contributed by atoms with Crippen molar-refractivity contribution < 1.29 is 4.39 Å². The summed E-state index contributed by atoms with van der Waals surface area (Å²) in [6.45, 7) is 3.98. The third-order valence-electron chi connectivity index (χ3n) is 2.66. The Bertz CT molecular complexity index is 466. The Labute approximate surface area is 108 Å². The van der Waals surface area contributed by atoms with Gasteiger partial charge in [0.25, 0.3) is 0 Å². The largest absolute Gasteiger partial charge is 0.620 e. The second-order valence-corrected chi connectivity index (χ2v) is 5.21. The van der Waals surface area contributed by atoms with E-state index in [1.165, 1.54) is 18.5 Å². The van der Waals surface area contributed by atoms with E-state index in [1.54, 1.807) is 11.1 Å². The zero-order chi connectivity index (χ0) is 12.6. The Morgan fingerprint density at radius 3 is 2.76 bits per heavy atom. The fourth-order valence-electron chi connectivity index (χ4n) is 1.66. The van der Waals surface area contributed by atoms with Gasteiger partial charge in [0.15, 0.2) is 18.2 Å². The molecule has 0 N–H and O–H groups in total. The third-order valence-corrected chi connectivity index (χ3v) is 3.15. The highest BCUT2D eigenvalue weighted by atomic mass is 79.9. The quantitative estimate of drug-likeness (QED) is 0.622. The Morgan fingerprint density at radius 1 is 1.53 bits per heavy atom. The highest BCUT2D eigenvalue weighted by molar-refractivity contribution is 9.10. The smallest absolute Gasteiger partial charge is 0.214 e. The number of hydrogen-bond acceptors (Lipinski definition) is 3. The molecule has 1 aromatic rings. The lowest BCUT2D eigenvalue weighted by molar-refractivity contribution is 0.213. The predicted octanol–water partition coefficient (Wildman–Crippen LogP) is 3.02. The van der Waals surface area contributed by atoms with Crippen molar-refractivity contribution in [2.75, 3.05) is 6.67 Å². The van der Waals surface area contributed by atoms with Crippen LogP contribution in [-0.2, 0) is 0 Å². The summed E-state index contributed by atoms with van der Waals surface area (Å²) < 4.78 is 13.5. The van der Waals surface area contributed by atoms with Crippen molar-refractivity contribution in [3.63, 3.8) is 0 Å².